The highest BCUT2D eigenvalue weighted by atomic mass is 35.5. The molecule has 1 heterocycles. The number of hydrogen-bond donors (Lipinski definition) is 0. The molecule has 8 nitrogen and oxygen atoms in total. The zero-order valence-corrected chi connectivity index (χ0v) is 18.8. The summed E-state index contributed by atoms with van der Waals surface area (Å²) in [5.41, 5.74) is -0.826. The van der Waals surface area contributed by atoms with Gasteiger partial charge in [-0.05, 0) is 24.9 Å². The van der Waals surface area contributed by atoms with E-state index in [2.05, 4.69) is 11.7 Å². The summed E-state index contributed by atoms with van der Waals surface area (Å²) < 4.78 is 21.9. The maximum Gasteiger partial charge on any atom is 0.303 e. The van der Waals surface area contributed by atoms with Gasteiger partial charge in [0.05, 0.1) is 5.02 Å². The van der Waals surface area contributed by atoms with Crippen LogP contribution >= 0.6 is 35.0 Å². The highest BCUT2D eigenvalue weighted by molar-refractivity contribution is 8.00. The third-order valence-corrected chi connectivity index (χ3v) is 5.90. The topological polar surface area (TPSA) is 100 Å². The second-order valence-corrected chi connectivity index (χ2v) is 8.34. The normalized spacial score (nSPS) is 25.8. The van der Waals surface area contributed by atoms with E-state index in [1.54, 1.807) is 18.2 Å². The number of halogens is 2. The van der Waals surface area contributed by atoms with E-state index >= 15 is 0 Å². The van der Waals surface area contributed by atoms with Crippen molar-refractivity contribution in [2.75, 3.05) is 6.61 Å². The van der Waals surface area contributed by atoms with Gasteiger partial charge in [-0.2, -0.15) is 0 Å². The predicted molar refractivity (Wildman–Crippen MR) is 112 cm³/mol. The average Bonchev–Trinajstić information content (AvgIpc) is 2.64. The molecule has 11 heteroatoms. The minimum absolute atomic E-state index is 0.202. The number of hydrogen-bond acceptors (Lipinski definition) is 9. The molecule has 0 saturated carbocycles. The van der Waals surface area contributed by atoms with Crippen molar-refractivity contribution in [3.8, 4) is 0 Å². The first-order valence-corrected chi connectivity index (χ1v) is 10.5. The lowest BCUT2D eigenvalue weighted by Gasteiger charge is -2.43. The molecule has 5 atom stereocenters. The number of ether oxygens (including phenoxy) is 4. The van der Waals surface area contributed by atoms with Crippen LogP contribution in [0.5, 0.6) is 0 Å². The molecule has 0 spiro atoms. The van der Waals surface area contributed by atoms with Crippen molar-refractivity contribution in [2.24, 2.45) is 4.99 Å². The van der Waals surface area contributed by atoms with Crippen LogP contribution in [-0.4, -0.2) is 61.0 Å². The summed E-state index contributed by atoms with van der Waals surface area (Å²) in [6, 6.07) is 4.02. The fraction of sp³-hybridized carbons (Fsp3) is 0.474. The van der Waals surface area contributed by atoms with Crippen molar-refractivity contribution in [3.63, 3.8) is 0 Å². The zero-order valence-electron chi connectivity index (χ0n) is 16.5. The van der Waals surface area contributed by atoms with Crippen molar-refractivity contribution >= 4 is 59.6 Å². The van der Waals surface area contributed by atoms with Crippen LogP contribution in [0, 0.1) is 0 Å². The summed E-state index contributed by atoms with van der Waals surface area (Å²) in [6.45, 7) is 7.05. The number of carbonyl (C=O) groups is 3. The lowest BCUT2D eigenvalue weighted by atomic mass is 9.97. The van der Waals surface area contributed by atoms with Crippen LogP contribution in [0.15, 0.2) is 28.1 Å². The molecular weight excluding hydrogens is 457 g/mol. The van der Waals surface area contributed by atoms with Crippen LogP contribution in [0.3, 0.4) is 0 Å². The Bertz CT molecular complexity index is 822. The van der Waals surface area contributed by atoms with Crippen molar-refractivity contribution in [1.82, 2.24) is 0 Å². The number of benzene rings is 1. The van der Waals surface area contributed by atoms with Gasteiger partial charge in [-0.25, -0.2) is 0 Å². The Labute approximate surface area is 188 Å². The van der Waals surface area contributed by atoms with Crippen LogP contribution in [-0.2, 0) is 33.3 Å². The molecule has 164 valence electrons. The Morgan fingerprint density at radius 3 is 2.30 bits per heavy atom. The van der Waals surface area contributed by atoms with Crippen LogP contribution in [0.1, 0.15) is 20.8 Å². The Hall–Kier alpha value is -1.81. The van der Waals surface area contributed by atoms with E-state index in [9.17, 15) is 14.4 Å². The molecule has 0 radical (unpaired) electrons. The number of carbonyl (C=O) groups excluding carboxylic acids is 3. The number of thioether (sulfide) groups is 1. The lowest BCUT2D eigenvalue weighted by molar-refractivity contribution is -0.200. The van der Waals surface area contributed by atoms with Crippen LogP contribution in [0.25, 0.3) is 0 Å². The summed E-state index contributed by atoms with van der Waals surface area (Å²) >= 11 is 13.5. The van der Waals surface area contributed by atoms with E-state index < -0.39 is 47.7 Å². The first-order valence-electron chi connectivity index (χ1n) is 8.83. The number of esters is 3. The molecule has 1 aromatic rings. The highest BCUT2D eigenvalue weighted by Crippen LogP contribution is 2.40. The SMILES string of the molecule is C=NC1C(OC(C)=O)[C@@H](Sc2cc(Cl)ccc2Cl)OC(COC(C)=O)[C@@H]1OC(C)=O. The van der Waals surface area contributed by atoms with Gasteiger partial charge in [0.15, 0.2) is 12.2 Å². The third-order valence-electron chi connectivity index (χ3n) is 4.02. The van der Waals surface area contributed by atoms with E-state index in [0.717, 1.165) is 11.8 Å². The largest absolute Gasteiger partial charge is 0.463 e. The van der Waals surface area contributed by atoms with Crippen molar-refractivity contribution in [3.05, 3.63) is 28.2 Å². The first-order chi connectivity index (χ1) is 14.1. The van der Waals surface area contributed by atoms with Crippen molar-refractivity contribution in [1.29, 1.82) is 0 Å². The van der Waals surface area contributed by atoms with E-state index in [-0.39, 0.29) is 6.61 Å². The minimum Gasteiger partial charge on any atom is -0.463 e. The smallest absolute Gasteiger partial charge is 0.303 e. The molecule has 0 N–H and O–H groups in total. The first kappa shape index (κ1) is 24.5. The Morgan fingerprint density at radius 1 is 1.10 bits per heavy atom. The van der Waals surface area contributed by atoms with Gasteiger partial charge < -0.3 is 18.9 Å². The Kier molecular flexibility index (Phi) is 8.96. The molecule has 2 rings (SSSR count). The minimum atomic E-state index is -0.990. The zero-order chi connectivity index (χ0) is 22.4. The molecule has 1 aliphatic heterocycles. The standard InChI is InChI=1S/C19H21Cl2NO7S/c1-9(23)26-8-14-17(27-10(2)24)16(22-4)18(28-11(3)25)19(29-14)30-15-7-12(20)5-6-13(15)21/h5-7,14,16-19H,4,8H2,1-3H3/t14?,16?,17-,18?,19+/m0/s1. The maximum atomic E-state index is 11.7. The average molecular weight is 478 g/mol. The van der Waals surface area contributed by atoms with Gasteiger partial charge in [0, 0.05) is 30.7 Å². The lowest BCUT2D eigenvalue weighted by Crippen LogP contribution is -2.59. The summed E-state index contributed by atoms with van der Waals surface area (Å²) in [7, 11) is 0. The van der Waals surface area contributed by atoms with Gasteiger partial charge in [-0.1, -0.05) is 35.0 Å². The van der Waals surface area contributed by atoms with E-state index in [0.29, 0.717) is 14.9 Å². The summed E-state index contributed by atoms with van der Waals surface area (Å²) in [5.74, 6) is -1.72. The van der Waals surface area contributed by atoms with Crippen LogP contribution < -0.4 is 0 Å². The molecule has 0 aromatic heterocycles. The van der Waals surface area contributed by atoms with Gasteiger partial charge in [-0.15, -0.1) is 0 Å². The second kappa shape index (κ2) is 11.0. The molecule has 0 amide bonds. The Morgan fingerprint density at radius 2 is 1.73 bits per heavy atom. The molecule has 30 heavy (non-hydrogen) atoms. The molecule has 3 unspecified atom stereocenters. The molecule has 1 saturated heterocycles. The fourth-order valence-corrected chi connectivity index (χ4v) is 4.54. The Balaban J connectivity index is 2.41. The van der Waals surface area contributed by atoms with E-state index in [1.807, 2.05) is 0 Å². The molecule has 0 bridgehead atoms. The van der Waals surface area contributed by atoms with Gasteiger partial charge in [0.1, 0.15) is 24.2 Å². The molecule has 1 aliphatic rings. The predicted octanol–water partition coefficient (Wildman–Crippen LogP) is 3.31. The maximum absolute atomic E-state index is 11.7. The summed E-state index contributed by atoms with van der Waals surface area (Å²) in [5, 5.41) is 0.866. The molecule has 1 fully saturated rings. The second-order valence-electron chi connectivity index (χ2n) is 6.36. The van der Waals surface area contributed by atoms with Crippen molar-refractivity contribution in [2.45, 2.75) is 55.5 Å². The van der Waals surface area contributed by atoms with Gasteiger partial charge in [-0.3, -0.25) is 19.4 Å². The van der Waals surface area contributed by atoms with Crippen LogP contribution in [0.2, 0.25) is 10.0 Å². The summed E-state index contributed by atoms with van der Waals surface area (Å²) in [4.78, 5) is 39.3. The molecule has 1 aromatic carbocycles. The quantitative estimate of drug-likeness (QED) is 0.334. The van der Waals surface area contributed by atoms with Gasteiger partial charge in [0.25, 0.3) is 0 Å². The van der Waals surface area contributed by atoms with Crippen molar-refractivity contribution < 1.29 is 33.3 Å². The molecule has 0 aliphatic carbocycles. The number of nitrogens with zero attached hydrogens (tertiary/aromatic N) is 1. The summed E-state index contributed by atoms with van der Waals surface area (Å²) in [6.07, 6.45) is -2.83. The van der Waals surface area contributed by atoms with Gasteiger partial charge in [0.2, 0.25) is 0 Å². The number of aliphatic imine (C=N–C) groups is 1. The van der Waals surface area contributed by atoms with E-state index in [4.69, 9.17) is 42.1 Å². The van der Waals surface area contributed by atoms with Gasteiger partial charge >= 0.3 is 17.9 Å². The highest BCUT2D eigenvalue weighted by Gasteiger charge is 2.50. The fourth-order valence-electron chi connectivity index (χ4n) is 2.88. The molecular formula is C19H21Cl2NO7S. The monoisotopic (exact) mass is 477 g/mol. The number of rotatable bonds is 7. The van der Waals surface area contributed by atoms with E-state index in [1.165, 1.54) is 20.8 Å². The van der Waals surface area contributed by atoms with Crippen LogP contribution in [0.4, 0.5) is 0 Å². The third kappa shape index (κ3) is 6.60.